The van der Waals surface area contributed by atoms with Gasteiger partial charge in [-0.25, -0.2) is 0 Å². The highest BCUT2D eigenvalue weighted by atomic mass is 35.5. The molecule has 0 spiro atoms. The third-order valence-electron chi connectivity index (χ3n) is 2.83. The van der Waals surface area contributed by atoms with E-state index in [-0.39, 0.29) is 6.04 Å². The molecule has 2 N–H and O–H groups in total. The van der Waals surface area contributed by atoms with Gasteiger partial charge in [-0.05, 0) is 31.2 Å². The molecule has 0 saturated carbocycles. The zero-order valence-corrected chi connectivity index (χ0v) is 11.7. The number of ether oxygens (including phenoxy) is 1. The summed E-state index contributed by atoms with van der Waals surface area (Å²) >= 11 is 6.09. The molecule has 0 saturated heterocycles. The van der Waals surface area contributed by atoms with Gasteiger partial charge < -0.3 is 10.1 Å². The molecule has 102 valence electrons. The van der Waals surface area contributed by atoms with Crippen molar-refractivity contribution >= 4 is 11.6 Å². The van der Waals surface area contributed by atoms with Crippen LogP contribution in [0.5, 0.6) is 5.75 Å². The van der Waals surface area contributed by atoms with E-state index in [1.807, 2.05) is 18.2 Å². The van der Waals surface area contributed by atoms with Gasteiger partial charge in [0, 0.05) is 10.6 Å². The van der Waals surface area contributed by atoms with Crippen LogP contribution in [0.2, 0.25) is 5.02 Å². The molecule has 19 heavy (non-hydrogen) atoms. The van der Waals surface area contributed by atoms with E-state index in [9.17, 15) is 0 Å². The van der Waals surface area contributed by atoms with Gasteiger partial charge >= 0.3 is 0 Å². The molecule has 2 rings (SSSR count). The SMILES string of the molecule is CCCNC(c1cn[nH]n1)c1cc(Cl)ccc1OC. The Balaban J connectivity index is 2.39. The number of aromatic nitrogens is 3. The van der Waals surface area contributed by atoms with Crippen LogP contribution in [-0.4, -0.2) is 29.1 Å². The van der Waals surface area contributed by atoms with E-state index in [4.69, 9.17) is 16.3 Å². The summed E-state index contributed by atoms with van der Waals surface area (Å²) in [6, 6.07) is 5.47. The Bertz CT molecular complexity index is 515. The highest BCUT2D eigenvalue weighted by Gasteiger charge is 2.20. The lowest BCUT2D eigenvalue weighted by atomic mass is 10.0. The van der Waals surface area contributed by atoms with Crippen molar-refractivity contribution in [2.75, 3.05) is 13.7 Å². The van der Waals surface area contributed by atoms with Crippen LogP contribution in [-0.2, 0) is 0 Å². The fourth-order valence-electron chi connectivity index (χ4n) is 1.94. The van der Waals surface area contributed by atoms with Crippen molar-refractivity contribution in [2.45, 2.75) is 19.4 Å². The predicted octanol–water partition coefficient (Wildman–Crippen LogP) is 2.56. The van der Waals surface area contributed by atoms with Gasteiger partial charge in [0.15, 0.2) is 0 Å². The summed E-state index contributed by atoms with van der Waals surface area (Å²) in [7, 11) is 1.65. The first-order chi connectivity index (χ1) is 9.26. The second-order valence-corrected chi connectivity index (χ2v) is 4.60. The first-order valence-electron chi connectivity index (χ1n) is 6.18. The van der Waals surface area contributed by atoms with Crippen LogP contribution in [0.15, 0.2) is 24.4 Å². The second kappa shape index (κ2) is 6.54. The van der Waals surface area contributed by atoms with Gasteiger partial charge in [0.25, 0.3) is 0 Å². The van der Waals surface area contributed by atoms with Crippen molar-refractivity contribution in [3.05, 3.63) is 40.7 Å². The number of methoxy groups -OCH3 is 1. The molecule has 1 aromatic carbocycles. The standard InChI is InChI=1S/C13H17ClN4O/c1-3-6-15-13(11-8-16-18-17-11)10-7-9(14)4-5-12(10)19-2/h4-5,7-8,13,15H,3,6H2,1-2H3,(H,16,17,18). The Labute approximate surface area is 117 Å². The number of H-pyrrole nitrogens is 1. The number of rotatable bonds is 6. The van der Waals surface area contributed by atoms with Gasteiger partial charge in [0.05, 0.1) is 19.3 Å². The fourth-order valence-corrected chi connectivity index (χ4v) is 2.12. The fraction of sp³-hybridized carbons (Fsp3) is 0.385. The lowest BCUT2D eigenvalue weighted by molar-refractivity contribution is 0.403. The van der Waals surface area contributed by atoms with Crippen LogP contribution in [0.1, 0.15) is 30.6 Å². The van der Waals surface area contributed by atoms with Gasteiger partial charge in [-0.1, -0.05) is 18.5 Å². The molecular weight excluding hydrogens is 264 g/mol. The van der Waals surface area contributed by atoms with Gasteiger partial charge in [-0.2, -0.15) is 15.4 Å². The maximum Gasteiger partial charge on any atom is 0.124 e. The van der Waals surface area contributed by atoms with Crippen LogP contribution in [0.4, 0.5) is 0 Å². The quantitative estimate of drug-likeness (QED) is 0.854. The van der Waals surface area contributed by atoms with E-state index < -0.39 is 0 Å². The summed E-state index contributed by atoms with van der Waals surface area (Å²) in [6.07, 6.45) is 2.73. The normalized spacial score (nSPS) is 12.4. The van der Waals surface area contributed by atoms with Crippen molar-refractivity contribution in [3.63, 3.8) is 0 Å². The largest absolute Gasteiger partial charge is 0.496 e. The molecule has 0 fully saturated rings. The second-order valence-electron chi connectivity index (χ2n) is 4.17. The molecule has 2 aromatic rings. The van der Waals surface area contributed by atoms with Crippen molar-refractivity contribution in [1.29, 1.82) is 0 Å². The van der Waals surface area contributed by atoms with Gasteiger partial charge in [0.1, 0.15) is 11.4 Å². The molecule has 0 aliphatic heterocycles. The molecule has 0 amide bonds. The van der Waals surface area contributed by atoms with Crippen molar-refractivity contribution in [2.24, 2.45) is 0 Å². The molecule has 0 aliphatic rings. The Kier molecular flexibility index (Phi) is 4.76. The average molecular weight is 281 g/mol. The van der Waals surface area contributed by atoms with Crippen molar-refractivity contribution in [1.82, 2.24) is 20.7 Å². The summed E-state index contributed by atoms with van der Waals surface area (Å²) in [5.41, 5.74) is 1.77. The van der Waals surface area contributed by atoms with Crippen molar-refractivity contribution in [3.8, 4) is 5.75 Å². The molecule has 0 radical (unpaired) electrons. The number of halogens is 1. The molecule has 1 unspecified atom stereocenters. The van der Waals surface area contributed by atoms with E-state index in [1.54, 1.807) is 13.3 Å². The first-order valence-corrected chi connectivity index (χ1v) is 6.56. The number of nitrogens with zero attached hydrogens (tertiary/aromatic N) is 2. The molecule has 1 aromatic heterocycles. The summed E-state index contributed by atoms with van der Waals surface area (Å²) in [5, 5.41) is 14.8. The predicted molar refractivity (Wildman–Crippen MR) is 74.5 cm³/mol. The Hall–Kier alpha value is -1.59. The molecule has 0 bridgehead atoms. The highest BCUT2D eigenvalue weighted by molar-refractivity contribution is 6.30. The molecule has 6 heteroatoms. The Morgan fingerprint density at radius 3 is 2.95 bits per heavy atom. The smallest absolute Gasteiger partial charge is 0.124 e. The number of aromatic amines is 1. The van der Waals surface area contributed by atoms with Crippen LogP contribution in [0.3, 0.4) is 0 Å². The Morgan fingerprint density at radius 1 is 1.47 bits per heavy atom. The van der Waals surface area contributed by atoms with E-state index >= 15 is 0 Å². The van der Waals surface area contributed by atoms with Crippen molar-refractivity contribution < 1.29 is 4.74 Å². The summed E-state index contributed by atoms with van der Waals surface area (Å²) in [5.74, 6) is 0.779. The summed E-state index contributed by atoms with van der Waals surface area (Å²) in [6.45, 7) is 2.98. The monoisotopic (exact) mass is 280 g/mol. The van der Waals surface area contributed by atoms with Crippen LogP contribution in [0.25, 0.3) is 0 Å². The molecule has 1 atom stereocenters. The molecule has 0 aliphatic carbocycles. The molecule has 5 nitrogen and oxygen atoms in total. The van der Waals surface area contributed by atoms with Gasteiger partial charge in [0.2, 0.25) is 0 Å². The van der Waals surface area contributed by atoms with E-state index in [1.165, 1.54) is 0 Å². The highest BCUT2D eigenvalue weighted by Crippen LogP contribution is 2.31. The molecular formula is C13H17ClN4O. The van der Waals surface area contributed by atoms with E-state index in [0.29, 0.717) is 5.02 Å². The number of hydrogen-bond donors (Lipinski definition) is 2. The van der Waals surface area contributed by atoms with E-state index in [0.717, 1.165) is 30.0 Å². The minimum Gasteiger partial charge on any atom is -0.496 e. The maximum absolute atomic E-state index is 6.09. The summed E-state index contributed by atoms with van der Waals surface area (Å²) in [4.78, 5) is 0. The zero-order valence-electron chi connectivity index (χ0n) is 11.0. The number of nitrogens with one attached hydrogen (secondary N) is 2. The topological polar surface area (TPSA) is 62.8 Å². The van der Waals surface area contributed by atoms with E-state index in [2.05, 4.69) is 27.7 Å². The van der Waals surface area contributed by atoms with Crippen LogP contribution in [0, 0.1) is 0 Å². The lowest BCUT2D eigenvalue weighted by Gasteiger charge is -2.19. The first kappa shape index (κ1) is 13.8. The van der Waals surface area contributed by atoms with Gasteiger partial charge in [-0.15, -0.1) is 0 Å². The minimum absolute atomic E-state index is 0.0904. The zero-order chi connectivity index (χ0) is 13.7. The number of benzene rings is 1. The third-order valence-corrected chi connectivity index (χ3v) is 3.07. The minimum atomic E-state index is -0.0904. The number of hydrogen-bond acceptors (Lipinski definition) is 4. The lowest BCUT2D eigenvalue weighted by Crippen LogP contribution is -2.24. The maximum atomic E-state index is 6.09. The van der Waals surface area contributed by atoms with Crippen LogP contribution >= 0.6 is 11.6 Å². The Morgan fingerprint density at radius 2 is 2.32 bits per heavy atom. The average Bonchev–Trinajstić information content (AvgIpc) is 2.93. The summed E-state index contributed by atoms with van der Waals surface area (Å²) < 4.78 is 5.40. The van der Waals surface area contributed by atoms with Crippen LogP contribution < -0.4 is 10.1 Å². The third kappa shape index (κ3) is 3.24. The molecule has 1 heterocycles. The van der Waals surface area contributed by atoms with Gasteiger partial charge in [-0.3, -0.25) is 0 Å².